The van der Waals surface area contributed by atoms with Crippen LogP contribution in [-0.4, -0.2) is 40.9 Å². The van der Waals surface area contributed by atoms with Crippen LogP contribution >= 0.6 is 0 Å². The van der Waals surface area contributed by atoms with Gasteiger partial charge in [0, 0.05) is 13.0 Å². The highest BCUT2D eigenvalue weighted by atomic mass is 16.5. The van der Waals surface area contributed by atoms with Gasteiger partial charge in [0.05, 0.1) is 11.3 Å². The van der Waals surface area contributed by atoms with Crippen molar-refractivity contribution < 1.29 is 24.2 Å². The number of phenols is 1. The minimum atomic E-state index is -0.727. The van der Waals surface area contributed by atoms with Crippen LogP contribution in [0.4, 0.5) is 11.4 Å². The number of nitrogens with zero attached hydrogens (tertiary/aromatic N) is 3. The van der Waals surface area contributed by atoms with Crippen LogP contribution in [0.3, 0.4) is 0 Å². The fraction of sp³-hybridized carbons (Fsp3) is 0.211. The molecule has 0 bridgehead atoms. The monoisotopic (exact) mass is 367 g/mol. The van der Waals surface area contributed by atoms with Crippen molar-refractivity contribution in [3.8, 4) is 5.75 Å². The molecule has 0 aromatic heterocycles. The molecule has 8 nitrogen and oxygen atoms in total. The molecule has 138 valence electrons. The molecule has 0 aliphatic carbocycles. The third-order valence-corrected chi connectivity index (χ3v) is 3.95. The van der Waals surface area contributed by atoms with E-state index in [1.54, 1.807) is 30.3 Å². The lowest BCUT2D eigenvalue weighted by Gasteiger charge is -2.13. The Morgan fingerprint density at radius 2 is 1.81 bits per heavy atom. The lowest BCUT2D eigenvalue weighted by atomic mass is 10.2. The molecule has 1 fully saturated rings. The number of ether oxygens (including phenoxy) is 1. The normalized spacial score (nSPS) is 13.9. The number of carbonyl (C=O) groups is 3. The number of hydrogen-bond donors (Lipinski definition) is 1. The van der Waals surface area contributed by atoms with Gasteiger partial charge in [-0.3, -0.25) is 14.5 Å². The van der Waals surface area contributed by atoms with Crippen LogP contribution in [0.25, 0.3) is 0 Å². The van der Waals surface area contributed by atoms with E-state index in [0.717, 1.165) is 4.90 Å². The van der Waals surface area contributed by atoms with Crippen LogP contribution in [0.2, 0.25) is 0 Å². The van der Waals surface area contributed by atoms with Crippen LogP contribution < -0.4 is 0 Å². The van der Waals surface area contributed by atoms with Crippen LogP contribution in [0.5, 0.6) is 5.75 Å². The van der Waals surface area contributed by atoms with Crippen LogP contribution in [0, 0.1) is 0 Å². The Hall–Kier alpha value is -3.55. The third kappa shape index (κ3) is 4.55. The topological polar surface area (TPSA) is 109 Å². The zero-order valence-electron chi connectivity index (χ0n) is 14.4. The zero-order chi connectivity index (χ0) is 19.2. The summed E-state index contributed by atoms with van der Waals surface area (Å²) in [5.41, 5.74) is 0.930. The first-order valence-corrected chi connectivity index (χ1v) is 8.35. The number of imide groups is 1. The van der Waals surface area contributed by atoms with E-state index in [0.29, 0.717) is 25.1 Å². The van der Waals surface area contributed by atoms with Gasteiger partial charge in [-0.15, -0.1) is 5.11 Å². The first-order chi connectivity index (χ1) is 13.0. The predicted molar refractivity (Wildman–Crippen MR) is 95.0 cm³/mol. The molecule has 0 spiro atoms. The quantitative estimate of drug-likeness (QED) is 0.645. The molecule has 1 saturated heterocycles. The summed E-state index contributed by atoms with van der Waals surface area (Å²) < 4.78 is 5.04. The van der Waals surface area contributed by atoms with Gasteiger partial charge in [-0.05, 0) is 42.8 Å². The minimum absolute atomic E-state index is 0.110. The predicted octanol–water partition coefficient (Wildman–Crippen LogP) is 3.11. The molecule has 1 aliphatic heterocycles. The van der Waals surface area contributed by atoms with Crippen molar-refractivity contribution in [1.82, 2.24) is 4.90 Å². The average Bonchev–Trinajstić information content (AvgIpc) is 3.11. The molecule has 0 radical (unpaired) electrons. The first kappa shape index (κ1) is 18.2. The molecule has 0 unspecified atom stereocenters. The van der Waals surface area contributed by atoms with Crippen molar-refractivity contribution in [3.05, 3.63) is 54.1 Å². The number of azo groups is 1. The van der Waals surface area contributed by atoms with E-state index in [1.807, 2.05) is 0 Å². The van der Waals surface area contributed by atoms with Crippen molar-refractivity contribution in [2.75, 3.05) is 13.2 Å². The number of likely N-dealkylation sites (tertiary alicyclic amines) is 1. The number of esters is 1. The second kappa shape index (κ2) is 8.22. The van der Waals surface area contributed by atoms with E-state index in [1.165, 1.54) is 18.2 Å². The molecular weight excluding hydrogens is 350 g/mol. The summed E-state index contributed by atoms with van der Waals surface area (Å²) in [6.07, 6.45) is 0.958. The SMILES string of the molecule is O=C(OCC(=O)N1CCCC1=O)c1ccccc1N=Nc1ccc(O)cc1. The third-order valence-electron chi connectivity index (χ3n) is 3.95. The van der Waals surface area contributed by atoms with Gasteiger partial charge in [0.1, 0.15) is 11.4 Å². The Kier molecular flexibility index (Phi) is 5.55. The summed E-state index contributed by atoms with van der Waals surface area (Å²) in [4.78, 5) is 36.9. The highest BCUT2D eigenvalue weighted by molar-refractivity contribution is 5.99. The number of phenolic OH excluding ortho intramolecular Hbond substituents is 1. The number of benzene rings is 2. The Labute approximate surface area is 155 Å². The van der Waals surface area contributed by atoms with Crippen molar-refractivity contribution in [3.63, 3.8) is 0 Å². The van der Waals surface area contributed by atoms with Gasteiger partial charge in [-0.1, -0.05) is 12.1 Å². The fourth-order valence-electron chi connectivity index (χ4n) is 2.56. The van der Waals surface area contributed by atoms with E-state index >= 15 is 0 Å². The van der Waals surface area contributed by atoms with Crippen molar-refractivity contribution >= 4 is 29.2 Å². The molecule has 8 heteroatoms. The zero-order valence-corrected chi connectivity index (χ0v) is 14.4. The molecule has 0 atom stereocenters. The van der Waals surface area contributed by atoms with Crippen LogP contribution in [0.1, 0.15) is 23.2 Å². The summed E-state index contributed by atoms with van der Waals surface area (Å²) in [5.74, 6) is -1.40. The van der Waals surface area contributed by atoms with Crippen molar-refractivity contribution in [2.24, 2.45) is 10.2 Å². The summed E-state index contributed by atoms with van der Waals surface area (Å²) in [5, 5.41) is 17.3. The van der Waals surface area contributed by atoms with Gasteiger partial charge < -0.3 is 9.84 Å². The van der Waals surface area contributed by atoms with Crippen molar-refractivity contribution in [2.45, 2.75) is 12.8 Å². The summed E-state index contributed by atoms with van der Waals surface area (Å²) in [6.45, 7) is -0.152. The average molecular weight is 367 g/mol. The maximum absolute atomic E-state index is 12.3. The Morgan fingerprint density at radius 1 is 1.07 bits per heavy atom. The van der Waals surface area contributed by atoms with Gasteiger partial charge in [0.25, 0.3) is 5.91 Å². The number of amides is 2. The van der Waals surface area contributed by atoms with E-state index in [9.17, 15) is 19.5 Å². The van der Waals surface area contributed by atoms with Gasteiger partial charge in [-0.25, -0.2) is 4.79 Å². The Morgan fingerprint density at radius 3 is 2.52 bits per heavy atom. The highest BCUT2D eigenvalue weighted by Gasteiger charge is 2.27. The Balaban J connectivity index is 1.67. The molecule has 2 aromatic rings. The van der Waals surface area contributed by atoms with E-state index in [4.69, 9.17) is 4.74 Å². The van der Waals surface area contributed by atoms with Gasteiger partial charge >= 0.3 is 5.97 Å². The second-order valence-electron chi connectivity index (χ2n) is 5.85. The molecule has 1 aliphatic rings. The maximum atomic E-state index is 12.3. The molecular formula is C19H17N3O5. The van der Waals surface area contributed by atoms with E-state index < -0.39 is 18.5 Å². The Bertz CT molecular complexity index is 892. The van der Waals surface area contributed by atoms with E-state index in [-0.39, 0.29) is 22.9 Å². The number of carbonyl (C=O) groups excluding carboxylic acids is 3. The molecule has 27 heavy (non-hydrogen) atoms. The summed E-state index contributed by atoms with van der Waals surface area (Å²) in [6, 6.07) is 12.5. The maximum Gasteiger partial charge on any atom is 0.340 e. The molecule has 0 saturated carbocycles. The minimum Gasteiger partial charge on any atom is -0.508 e. The van der Waals surface area contributed by atoms with Crippen LogP contribution in [0.15, 0.2) is 58.8 Å². The molecule has 1 heterocycles. The molecule has 3 rings (SSSR count). The lowest BCUT2D eigenvalue weighted by molar-refractivity contribution is -0.143. The van der Waals surface area contributed by atoms with Crippen LogP contribution in [-0.2, 0) is 14.3 Å². The standard InChI is InChI=1S/C19H17N3O5/c23-14-9-7-13(8-10-14)20-21-16-5-2-1-4-15(16)19(26)27-12-18(25)22-11-3-6-17(22)24/h1-2,4-5,7-10,23H,3,6,11-12H2. The molecule has 1 N–H and O–H groups in total. The summed E-state index contributed by atoms with van der Waals surface area (Å²) >= 11 is 0. The van der Waals surface area contributed by atoms with Gasteiger partial charge in [0.2, 0.25) is 5.91 Å². The largest absolute Gasteiger partial charge is 0.508 e. The fourth-order valence-corrected chi connectivity index (χ4v) is 2.56. The molecule has 2 amide bonds. The highest BCUT2D eigenvalue weighted by Crippen LogP contribution is 2.24. The number of hydrogen-bond acceptors (Lipinski definition) is 7. The lowest BCUT2D eigenvalue weighted by Crippen LogP contribution is -2.35. The van der Waals surface area contributed by atoms with Gasteiger partial charge in [0.15, 0.2) is 6.61 Å². The first-order valence-electron chi connectivity index (χ1n) is 8.35. The number of rotatable bonds is 5. The summed E-state index contributed by atoms with van der Waals surface area (Å²) in [7, 11) is 0. The number of aromatic hydroxyl groups is 1. The van der Waals surface area contributed by atoms with E-state index in [2.05, 4.69) is 10.2 Å². The second-order valence-corrected chi connectivity index (χ2v) is 5.85. The molecule has 2 aromatic carbocycles. The van der Waals surface area contributed by atoms with Gasteiger partial charge in [-0.2, -0.15) is 5.11 Å². The van der Waals surface area contributed by atoms with Crippen molar-refractivity contribution in [1.29, 1.82) is 0 Å². The smallest absolute Gasteiger partial charge is 0.340 e.